The van der Waals surface area contributed by atoms with Gasteiger partial charge in [-0.1, -0.05) is 74.5 Å². The van der Waals surface area contributed by atoms with Crippen LogP contribution in [0.5, 0.6) is 17.2 Å². The number of likely N-dealkylation sites (tertiary alicyclic amines) is 1. The first-order chi connectivity index (χ1) is 22.1. The van der Waals surface area contributed by atoms with Crippen LogP contribution >= 0.6 is 0 Å². The van der Waals surface area contributed by atoms with E-state index in [1.807, 2.05) is 36.4 Å². The van der Waals surface area contributed by atoms with Crippen LogP contribution in [0.15, 0.2) is 66.7 Å². The summed E-state index contributed by atoms with van der Waals surface area (Å²) < 4.78 is 42.9. The van der Waals surface area contributed by atoms with Gasteiger partial charge in [-0.05, 0) is 61.6 Å². The van der Waals surface area contributed by atoms with Gasteiger partial charge in [-0.15, -0.1) is 0 Å². The van der Waals surface area contributed by atoms with Gasteiger partial charge in [-0.25, -0.2) is 8.42 Å². The van der Waals surface area contributed by atoms with Crippen LogP contribution in [0.1, 0.15) is 62.3 Å². The molecule has 3 aromatic rings. The Balaban J connectivity index is 1.30. The maximum absolute atomic E-state index is 14.3. The standard InChI is InChI=1S/C37H44N2O6S/c1-24(2)22-39(46(42,43)23-27-12-8-5-9-13-27)30-15-14-29-31-20-28-33(44-25(3)40)21-32(41)35-34(28)37(29,36(30)45-35)17-19-38(31)18-16-26-10-6-4-7-11-26/h4-13,21,24,29-31,36,41H,14-20,22-23H2,1-3H3/t29-,30-,31+,36-,37-/m0/s1. The van der Waals surface area contributed by atoms with E-state index in [1.54, 1.807) is 4.31 Å². The highest BCUT2D eigenvalue weighted by atomic mass is 32.2. The highest BCUT2D eigenvalue weighted by molar-refractivity contribution is 7.88. The van der Waals surface area contributed by atoms with Crippen LogP contribution < -0.4 is 9.47 Å². The van der Waals surface area contributed by atoms with E-state index in [0.717, 1.165) is 49.0 Å². The first-order valence-electron chi connectivity index (χ1n) is 16.6. The second kappa shape index (κ2) is 12.0. The number of rotatable bonds is 10. The van der Waals surface area contributed by atoms with Crippen LogP contribution in [-0.2, 0) is 38.8 Å². The molecule has 2 heterocycles. The molecular formula is C37H44N2O6S. The Bertz CT molecular complexity index is 1710. The fraction of sp³-hybridized carbons (Fsp3) is 0.486. The van der Waals surface area contributed by atoms with Crippen molar-refractivity contribution in [3.8, 4) is 17.2 Å². The minimum Gasteiger partial charge on any atom is -0.504 e. The quantitative estimate of drug-likeness (QED) is 0.232. The average Bonchev–Trinajstić information content (AvgIpc) is 3.36. The molecule has 9 heteroatoms. The Morgan fingerprint density at radius 1 is 1.09 bits per heavy atom. The topological polar surface area (TPSA) is 96.4 Å². The van der Waals surface area contributed by atoms with Gasteiger partial charge < -0.3 is 14.6 Å². The molecule has 0 unspecified atom stereocenters. The van der Waals surface area contributed by atoms with Gasteiger partial charge in [0.25, 0.3) is 0 Å². The number of carbonyl (C=O) groups excluding carboxylic acids is 1. The third kappa shape index (κ3) is 5.30. The molecule has 2 fully saturated rings. The van der Waals surface area contributed by atoms with E-state index in [2.05, 4.69) is 43.0 Å². The molecule has 2 aliphatic heterocycles. The van der Waals surface area contributed by atoms with E-state index in [4.69, 9.17) is 9.47 Å². The number of hydrogen-bond acceptors (Lipinski definition) is 7. The van der Waals surface area contributed by atoms with Crippen molar-refractivity contribution in [2.45, 2.75) is 82.2 Å². The summed E-state index contributed by atoms with van der Waals surface area (Å²) in [6.07, 6.45) is 3.48. The number of phenolic OH excluding ortho intramolecular Hbond substituents is 1. The van der Waals surface area contributed by atoms with Crippen molar-refractivity contribution in [1.82, 2.24) is 9.21 Å². The second-order valence-corrected chi connectivity index (χ2v) is 15.9. The van der Waals surface area contributed by atoms with Gasteiger partial charge >= 0.3 is 5.97 Å². The molecule has 5 atom stereocenters. The zero-order valence-electron chi connectivity index (χ0n) is 26.9. The lowest BCUT2D eigenvalue weighted by Crippen LogP contribution is -2.69. The Morgan fingerprint density at radius 2 is 1.78 bits per heavy atom. The summed E-state index contributed by atoms with van der Waals surface area (Å²) in [6, 6.07) is 21.2. The van der Waals surface area contributed by atoms with Crippen LogP contribution in [0.2, 0.25) is 0 Å². The van der Waals surface area contributed by atoms with E-state index < -0.39 is 27.5 Å². The van der Waals surface area contributed by atoms with Crippen LogP contribution in [0.4, 0.5) is 0 Å². The Labute approximate surface area is 272 Å². The number of hydrogen-bond donors (Lipinski definition) is 1. The van der Waals surface area contributed by atoms with Crippen LogP contribution in [0.25, 0.3) is 0 Å². The third-order valence-corrected chi connectivity index (χ3v) is 12.6. The Morgan fingerprint density at radius 3 is 2.46 bits per heavy atom. The van der Waals surface area contributed by atoms with Crippen LogP contribution in [0.3, 0.4) is 0 Å². The molecule has 1 N–H and O–H groups in total. The maximum Gasteiger partial charge on any atom is 0.308 e. The lowest BCUT2D eigenvalue weighted by molar-refractivity contribution is -0.132. The van der Waals surface area contributed by atoms with Gasteiger partial charge in [0, 0.05) is 48.7 Å². The van der Waals surface area contributed by atoms with E-state index in [1.165, 1.54) is 18.6 Å². The predicted molar refractivity (Wildman–Crippen MR) is 176 cm³/mol. The number of aromatic hydroxyl groups is 1. The Kier molecular flexibility index (Phi) is 8.14. The highest BCUT2D eigenvalue weighted by Crippen LogP contribution is 2.65. The van der Waals surface area contributed by atoms with Crippen molar-refractivity contribution < 1.29 is 27.8 Å². The minimum atomic E-state index is -3.71. The highest BCUT2D eigenvalue weighted by Gasteiger charge is 2.67. The molecule has 2 aliphatic carbocycles. The summed E-state index contributed by atoms with van der Waals surface area (Å²) >= 11 is 0. The fourth-order valence-electron chi connectivity index (χ4n) is 9.07. The fourth-order valence-corrected chi connectivity index (χ4v) is 11.0. The summed E-state index contributed by atoms with van der Waals surface area (Å²) in [5, 5.41) is 11.3. The first-order valence-corrected chi connectivity index (χ1v) is 18.2. The van der Waals surface area contributed by atoms with Gasteiger partial charge in [-0.3, -0.25) is 9.69 Å². The number of carbonyl (C=O) groups is 1. The average molecular weight is 645 g/mol. The molecule has 4 aliphatic rings. The van der Waals surface area contributed by atoms with Gasteiger partial charge in [0.15, 0.2) is 11.5 Å². The molecule has 0 radical (unpaired) electrons. The Hall–Kier alpha value is -3.40. The molecule has 1 saturated carbocycles. The van der Waals surface area contributed by atoms with E-state index in [-0.39, 0.29) is 35.4 Å². The summed E-state index contributed by atoms with van der Waals surface area (Å²) in [5.41, 5.74) is 3.41. The van der Waals surface area contributed by atoms with Crippen molar-refractivity contribution in [1.29, 1.82) is 0 Å². The SMILES string of the molecule is CC(=O)Oc1cc(O)c2c3c1C[C@@H]1[C@@H]4CC[C@H](N(CC(C)C)S(=O)(=O)Cc5ccccc5)[C@H](O2)[C@]34CCN1CCc1ccccc1. The molecule has 8 nitrogen and oxygen atoms in total. The minimum absolute atomic E-state index is 0.0521. The molecule has 244 valence electrons. The number of ether oxygens (including phenoxy) is 2. The number of benzene rings is 3. The van der Waals surface area contributed by atoms with E-state index >= 15 is 0 Å². The number of piperidine rings is 1. The third-order valence-electron chi connectivity index (χ3n) is 10.7. The summed E-state index contributed by atoms with van der Waals surface area (Å²) in [6.45, 7) is 7.63. The monoisotopic (exact) mass is 644 g/mol. The summed E-state index contributed by atoms with van der Waals surface area (Å²) in [7, 11) is -3.71. The lowest BCUT2D eigenvalue weighted by Gasteiger charge is -2.60. The van der Waals surface area contributed by atoms with Crippen LogP contribution in [-0.4, -0.2) is 66.5 Å². The maximum atomic E-state index is 14.3. The lowest BCUT2D eigenvalue weighted by atomic mass is 9.51. The number of sulfonamides is 1. The largest absolute Gasteiger partial charge is 0.504 e. The van der Waals surface area contributed by atoms with Crippen LogP contribution in [0, 0.1) is 11.8 Å². The van der Waals surface area contributed by atoms with Gasteiger partial charge in [0.1, 0.15) is 11.9 Å². The summed E-state index contributed by atoms with van der Waals surface area (Å²) in [4.78, 5) is 14.8. The number of phenols is 1. The first kappa shape index (κ1) is 31.2. The van der Waals surface area contributed by atoms with E-state index in [0.29, 0.717) is 30.9 Å². The predicted octanol–water partition coefficient (Wildman–Crippen LogP) is 5.46. The smallest absolute Gasteiger partial charge is 0.308 e. The molecule has 46 heavy (non-hydrogen) atoms. The van der Waals surface area contributed by atoms with Crippen molar-refractivity contribution >= 4 is 16.0 Å². The molecule has 7 rings (SSSR count). The van der Waals surface area contributed by atoms with Crippen molar-refractivity contribution in [3.63, 3.8) is 0 Å². The summed E-state index contributed by atoms with van der Waals surface area (Å²) in [5.74, 6) is 0.598. The molecule has 0 aromatic heterocycles. The van der Waals surface area contributed by atoms with Gasteiger partial charge in [0.2, 0.25) is 10.0 Å². The molecule has 2 bridgehead atoms. The normalized spacial score (nSPS) is 26.5. The molecule has 3 aromatic carbocycles. The van der Waals surface area contributed by atoms with Gasteiger partial charge in [-0.2, -0.15) is 4.31 Å². The molecule has 0 amide bonds. The molecule has 1 saturated heterocycles. The zero-order valence-corrected chi connectivity index (χ0v) is 27.7. The van der Waals surface area contributed by atoms with E-state index in [9.17, 15) is 18.3 Å². The number of esters is 1. The second-order valence-electron chi connectivity index (χ2n) is 14.0. The van der Waals surface area contributed by atoms with Crippen molar-refractivity contribution in [2.75, 3.05) is 19.6 Å². The molecule has 1 spiro atoms. The van der Waals surface area contributed by atoms with Crippen molar-refractivity contribution in [2.24, 2.45) is 11.8 Å². The van der Waals surface area contributed by atoms with Crippen molar-refractivity contribution in [3.05, 3.63) is 89.0 Å². The molecular weight excluding hydrogens is 600 g/mol. The number of nitrogens with zero attached hydrogens (tertiary/aromatic N) is 2. The van der Waals surface area contributed by atoms with Gasteiger partial charge in [0.05, 0.1) is 11.8 Å². The zero-order chi connectivity index (χ0) is 32.2.